The number of hydrogen-bond donors (Lipinski definition) is 3. The van der Waals surface area contributed by atoms with E-state index in [-0.39, 0.29) is 19.1 Å². The lowest BCUT2D eigenvalue weighted by molar-refractivity contribution is 0.0944. The van der Waals surface area contributed by atoms with E-state index in [1.807, 2.05) is 0 Å². The Morgan fingerprint density at radius 1 is 1.56 bits per heavy atom. The number of carbonyl (C=O) groups excluding carboxylic acids is 1. The molecule has 16 heavy (non-hydrogen) atoms. The monoisotopic (exact) mass is 220 g/mol. The molecule has 2 rings (SSSR count). The highest BCUT2D eigenvalue weighted by atomic mass is 16.3. The number of nitrogens with zero attached hydrogens (tertiary/aromatic N) is 2. The van der Waals surface area contributed by atoms with Crippen molar-refractivity contribution in [1.29, 1.82) is 0 Å². The standard InChI is InChI=1S/C10H12N4O2/c11-8-5-13-9-2-1-7(6-14(8)9)10(16)12-3-4-15/h1-2,5-6,15H,3-4,11H2,(H,12,16). The van der Waals surface area contributed by atoms with Crippen LogP contribution in [0.4, 0.5) is 5.82 Å². The molecule has 0 aromatic carbocycles. The van der Waals surface area contributed by atoms with Gasteiger partial charge in [-0.1, -0.05) is 0 Å². The smallest absolute Gasteiger partial charge is 0.252 e. The summed E-state index contributed by atoms with van der Waals surface area (Å²) in [7, 11) is 0. The van der Waals surface area contributed by atoms with E-state index in [0.29, 0.717) is 17.0 Å². The topological polar surface area (TPSA) is 92.6 Å². The zero-order chi connectivity index (χ0) is 11.5. The van der Waals surface area contributed by atoms with Crippen LogP contribution >= 0.6 is 0 Å². The van der Waals surface area contributed by atoms with Gasteiger partial charge in [0.2, 0.25) is 0 Å². The summed E-state index contributed by atoms with van der Waals surface area (Å²) in [5.74, 6) is 0.232. The molecule has 0 radical (unpaired) electrons. The van der Waals surface area contributed by atoms with Crippen molar-refractivity contribution in [2.45, 2.75) is 0 Å². The lowest BCUT2D eigenvalue weighted by Gasteiger charge is -2.04. The maximum Gasteiger partial charge on any atom is 0.252 e. The number of imidazole rings is 1. The van der Waals surface area contributed by atoms with Crippen molar-refractivity contribution in [2.24, 2.45) is 0 Å². The Kier molecular flexibility index (Phi) is 2.74. The first kappa shape index (κ1) is 10.4. The molecule has 1 amide bonds. The van der Waals surface area contributed by atoms with Crippen molar-refractivity contribution in [3.63, 3.8) is 0 Å². The molecular formula is C10H12N4O2. The third kappa shape index (κ3) is 1.82. The second kappa shape index (κ2) is 4.19. The SMILES string of the molecule is Nc1cnc2ccc(C(=O)NCCO)cn12. The quantitative estimate of drug-likeness (QED) is 0.658. The number of amides is 1. The molecule has 4 N–H and O–H groups in total. The summed E-state index contributed by atoms with van der Waals surface area (Å²) in [4.78, 5) is 15.6. The number of carbonyl (C=O) groups is 1. The maximum absolute atomic E-state index is 11.6. The molecule has 0 saturated carbocycles. The van der Waals surface area contributed by atoms with Crippen LogP contribution in [0.3, 0.4) is 0 Å². The second-order valence-electron chi connectivity index (χ2n) is 3.31. The molecule has 0 aliphatic carbocycles. The molecule has 2 aromatic rings. The lowest BCUT2D eigenvalue weighted by atomic mass is 10.2. The van der Waals surface area contributed by atoms with Crippen LogP contribution < -0.4 is 11.1 Å². The van der Waals surface area contributed by atoms with Crippen molar-refractivity contribution in [1.82, 2.24) is 14.7 Å². The third-order valence-electron chi connectivity index (χ3n) is 2.19. The van der Waals surface area contributed by atoms with Crippen molar-refractivity contribution in [2.75, 3.05) is 18.9 Å². The predicted octanol–water partition coefficient (Wildman–Crippen LogP) is -0.361. The first-order valence-electron chi connectivity index (χ1n) is 4.84. The largest absolute Gasteiger partial charge is 0.395 e. The van der Waals surface area contributed by atoms with Gasteiger partial charge in [-0.05, 0) is 12.1 Å². The number of nitrogen functional groups attached to an aromatic ring is 1. The van der Waals surface area contributed by atoms with Crippen molar-refractivity contribution in [3.8, 4) is 0 Å². The fourth-order valence-corrected chi connectivity index (χ4v) is 1.41. The second-order valence-corrected chi connectivity index (χ2v) is 3.31. The third-order valence-corrected chi connectivity index (χ3v) is 2.19. The molecule has 0 spiro atoms. The number of aliphatic hydroxyl groups excluding tert-OH is 1. The van der Waals surface area contributed by atoms with Crippen LogP contribution in [0.15, 0.2) is 24.5 Å². The summed E-state index contributed by atoms with van der Waals surface area (Å²) in [6.45, 7) is 0.150. The molecule has 0 unspecified atom stereocenters. The van der Waals surface area contributed by atoms with E-state index in [1.54, 1.807) is 22.7 Å². The van der Waals surface area contributed by atoms with E-state index in [9.17, 15) is 4.79 Å². The van der Waals surface area contributed by atoms with Crippen LogP contribution in [-0.4, -0.2) is 33.6 Å². The van der Waals surface area contributed by atoms with Gasteiger partial charge in [0, 0.05) is 12.7 Å². The number of nitrogens with two attached hydrogens (primary N) is 1. The number of rotatable bonds is 3. The maximum atomic E-state index is 11.6. The first-order valence-corrected chi connectivity index (χ1v) is 4.84. The summed E-state index contributed by atoms with van der Waals surface area (Å²) >= 11 is 0. The molecule has 84 valence electrons. The van der Waals surface area contributed by atoms with E-state index in [4.69, 9.17) is 10.8 Å². The number of pyridine rings is 1. The number of nitrogens with one attached hydrogen (secondary N) is 1. The van der Waals surface area contributed by atoms with Gasteiger partial charge in [-0.3, -0.25) is 9.20 Å². The average Bonchev–Trinajstić information content (AvgIpc) is 2.67. The number of aliphatic hydroxyl groups is 1. The van der Waals surface area contributed by atoms with Crippen LogP contribution in [0.1, 0.15) is 10.4 Å². The molecule has 2 aromatic heterocycles. The number of aromatic nitrogens is 2. The fourth-order valence-electron chi connectivity index (χ4n) is 1.41. The van der Waals surface area contributed by atoms with Crippen LogP contribution in [0.2, 0.25) is 0 Å². The lowest BCUT2D eigenvalue weighted by Crippen LogP contribution is -2.26. The molecule has 0 saturated heterocycles. The minimum atomic E-state index is -0.246. The average molecular weight is 220 g/mol. The Morgan fingerprint density at radius 3 is 3.12 bits per heavy atom. The predicted molar refractivity (Wildman–Crippen MR) is 59.0 cm³/mol. The Bertz CT molecular complexity index is 521. The summed E-state index contributed by atoms with van der Waals surface area (Å²) in [6.07, 6.45) is 3.15. The van der Waals surface area contributed by atoms with E-state index < -0.39 is 0 Å². The number of fused-ring (bicyclic) bond motifs is 1. The Hall–Kier alpha value is -2.08. The van der Waals surface area contributed by atoms with Crippen LogP contribution in [0, 0.1) is 0 Å². The molecule has 0 bridgehead atoms. The molecule has 0 fully saturated rings. The van der Waals surface area contributed by atoms with Crippen molar-refractivity contribution < 1.29 is 9.90 Å². The summed E-state index contributed by atoms with van der Waals surface area (Å²) in [5.41, 5.74) is 6.84. The molecule has 0 aliphatic heterocycles. The summed E-state index contributed by atoms with van der Waals surface area (Å²) < 4.78 is 1.63. The minimum Gasteiger partial charge on any atom is -0.395 e. The van der Waals surface area contributed by atoms with E-state index in [1.165, 1.54) is 6.20 Å². The Balaban J connectivity index is 2.31. The van der Waals surface area contributed by atoms with Gasteiger partial charge in [0.05, 0.1) is 18.4 Å². The van der Waals surface area contributed by atoms with Gasteiger partial charge in [0.1, 0.15) is 11.5 Å². The van der Waals surface area contributed by atoms with Gasteiger partial charge in [0.25, 0.3) is 5.91 Å². The summed E-state index contributed by atoms with van der Waals surface area (Å²) in [5, 5.41) is 11.2. The Morgan fingerprint density at radius 2 is 2.38 bits per heavy atom. The van der Waals surface area contributed by atoms with Crippen LogP contribution in [-0.2, 0) is 0 Å². The zero-order valence-electron chi connectivity index (χ0n) is 8.55. The molecule has 0 aliphatic rings. The highest BCUT2D eigenvalue weighted by molar-refractivity contribution is 5.94. The van der Waals surface area contributed by atoms with Gasteiger partial charge in [-0.2, -0.15) is 0 Å². The normalized spacial score (nSPS) is 10.6. The van der Waals surface area contributed by atoms with E-state index >= 15 is 0 Å². The molecular weight excluding hydrogens is 208 g/mol. The van der Waals surface area contributed by atoms with Gasteiger partial charge in [-0.15, -0.1) is 0 Å². The van der Waals surface area contributed by atoms with E-state index in [0.717, 1.165) is 0 Å². The highest BCUT2D eigenvalue weighted by Gasteiger charge is 2.07. The van der Waals surface area contributed by atoms with Gasteiger partial charge >= 0.3 is 0 Å². The highest BCUT2D eigenvalue weighted by Crippen LogP contribution is 2.10. The van der Waals surface area contributed by atoms with Gasteiger partial charge in [0.15, 0.2) is 0 Å². The van der Waals surface area contributed by atoms with E-state index in [2.05, 4.69) is 10.3 Å². The van der Waals surface area contributed by atoms with Crippen molar-refractivity contribution in [3.05, 3.63) is 30.1 Å². The summed E-state index contributed by atoms with van der Waals surface area (Å²) in [6, 6.07) is 3.37. The fraction of sp³-hybridized carbons (Fsp3) is 0.200. The minimum absolute atomic E-state index is 0.0821. The number of hydrogen-bond acceptors (Lipinski definition) is 4. The van der Waals surface area contributed by atoms with Crippen molar-refractivity contribution >= 4 is 17.4 Å². The van der Waals surface area contributed by atoms with Gasteiger partial charge < -0.3 is 16.2 Å². The first-order chi connectivity index (χ1) is 7.72. The molecule has 6 nitrogen and oxygen atoms in total. The molecule has 2 heterocycles. The van der Waals surface area contributed by atoms with Crippen LogP contribution in [0.25, 0.3) is 5.65 Å². The molecule has 0 atom stereocenters. The van der Waals surface area contributed by atoms with Crippen LogP contribution in [0.5, 0.6) is 0 Å². The molecule has 6 heteroatoms. The van der Waals surface area contributed by atoms with Gasteiger partial charge in [-0.25, -0.2) is 4.98 Å². The Labute approximate surface area is 91.7 Å². The zero-order valence-corrected chi connectivity index (χ0v) is 8.55. The number of anilines is 1.